The van der Waals surface area contributed by atoms with E-state index in [2.05, 4.69) is 0 Å². The monoisotopic (exact) mass is 269 g/mol. The van der Waals surface area contributed by atoms with Crippen molar-refractivity contribution in [1.82, 2.24) is 4.90 Å². The van der Waals surface area contributed by atoms with Gasteiger partial charge in [0.1, 0.15) is 18.1 Å². The van der Waals surface area contributed by atoms with Crippen LogP contribution < -0.4 is 0 Å². The standard InChI is InChI=1S/C13H16FNO4/c1-3-8(2)15(7-12(17)18)13(19)10-5-4-9(14)6-11(10)16/h4-6,8,16H,3,7H2,1-2H3,(H,17,18). The number of nitrogens with zero attached hydrogens (tertiary/aromatic N) is 1. The molecule has 0 aliphatic heterocycles. The normalized spacial score (nSPS) is 11.9. The van der Waals surface area contributed by atoms with Gasteiger partial charge < -0.3 is 15.1 Å². The fourth-order valence-corrected chi connectivity index (χ4v) is 1.63. The van der Waals surface area contributed by atoms with Crippen LogP contribution in [-0.4, -0.2) is 39.6 Å². The number of phenolic OH excluding ortho intramolecular Hbond substituents is 1. The molecule has 0 bridgehead atoms. The Labute approximate surface area is 110 Å². The average molecular weight is 269 g/mol. The second-order valence-electron chi connectivity index (χ2n) is 4.25. The van der Waals surface area contributed by atoms with E-state index in [-0.39, 0.29) is 11.6 Å². The van der Waals surface area contributed by atoms with E-state index >= 15 is 0 Å². The fraction of sp³-hybridized carbons (Fsp3) is 0.385. The maximum Gasteiger partial charge on any atom is 0.323 e. The highest BCUT2D eigenvalue weighted by atomic mass is 19.1. The minimum atomic E-state index is -1.14. The Hall–Kier alpha value is -2.11. The van der Waals surface area contributed by atoms with Crippen LogP contribution in [0.3, 0.4) is 0 Å². The van der Waals surface area contributed by atoms with E-state index in [9.17, 15) is 19.1 Å². The van der Waals surface area contributed by atoms with Crippen molar-refractivity contribution in [2.45, 2.75) is 26.3 Å². The molecule has 6 heteroatoms. The van der Waals surface area contributed by atoms with E-state index in [0.717, 1.165) is 23.1 Å². The predicted octanol–water partition coefficient (Wildman–Crippen LogP) is 1.86. The molecule has 1 rings (SSSR count). The van der Waals surface area contributed by atoms with Gasteiger partial charge >= 0.3 is 5.97 Å². The van der Waals surface area contributed by atoms with E-state index in [1.54, 1.807) is 6.92 Å². The zero-order valence-electron chi connectivity index (χ0n) is 10.8. The van der Waals surface area contributed by atoms with E-state index in [4.69, 9.17) is 5.11 Å². The van der Waals surface area contributed by atoms with Crippen LogP contribution in [0.2, 0.25) is 0 Å². The van der Waals surface area contributed by atoms with Gasteiger partial charge in [-0.25, -0.2) is 4.39 Å². The summed E-state index contributed by atoms with van der Waals surface area (Å²) in [5.74, 6) is -2.93. The summed E-state index contributed by atoms with van der Waals surface area (Å²) in [6.07, 6.45) is 0.570. The van der Waals surface area contributed by atoms with E-state index in [0.29, 0.717) is 6.42 Å². The lowest BCUT2D eigenvalue weighted by Gasteiger charge is -2.27. The summed E-state index contributed by atoms with van der Waals surface area (Å²) < 4.78 is 12.9. The third kappa shape index (κ3) is 3.67. The Morgan fingerprint density at radius 1 is 1.42 bits per heavy atom. The number of carbonyl (C=O) groups excluding carboxylic acids is 1. The van der Waals surface area contributed by atoms with E-state index in [1.807, 2.05) is 6.92 Å². The lowest BCUT2D eigenvalue weighted by molar-refractivity contribution is -0.138. The number of amides is 1. The maximum atomic E-state index is 12.9. The molecule has 2 N–H and O–H groups in total. The molecule has 1 aromatic rings. The summed E-state index contributed by atoms with van der Waals surface area (Å²) in [5.41, 5.74) is -0.108. The van der Waals surface area contributed by atoms with Gasteiger partial charge in [-0.3, -0.25) is 9.59 Å². The van der Waals surface area contributed by atoms with Crippen molar-refractivity contribution < 1.29 is 24.2 Å². The number of rotatable bonds is 5. The zero-order valence-corrected chi connectivity index (χ0v) is 10.8. The minimum Gasteiger partial charge on any atom is -0.507 e. The number of halogens is 1. The number of benzene rings is 1. The molecule has 19 heavy (non-hydrogen) atoms. The fourth-order valence-electron chi connectivity index (χ4n) is 1.63. The van der Waals surface area contributed by atoms with Gasteiger partial charge in [-0.15, -0.1) is 0 Å². The number of carbonyl (C=O) groups is 2. The van der Waals surface area contributed by atoms with Gasteiger partial charge in [-0.1, -0.05) is 6.92 Å². The molecule has 0 aliphatic rings. The van der Waals surface area contributed by atoms with Crippen molar-refractivity contribution in [3.05, 3.63) is 29.6 Å². The van der Waals surface area contributed by atoms with Crippen LogP contribution in [0.5, 0.6) is 5.75 Å². The van der Waals surface area contributed by atoms with Crippen LogP contribution >= 0.6 is 0 Å². The molecule has 0 aromatic heterocycles. The van der Waals surface area contributed by atoms with Crippen LogP contribution in [0, 0.1) is 5.82 Å². The minimum absolute atomic E-state index is 0.108. The Morgan fingerprint density at radius 3 is 2.53 bits per heavy atom. The highest BCUT2D eigenvalue weighted by Crippen LogP contribution is 2.21. The number of aliphatic carboxylic acids is 1. The number of carboxylic acids is 1. The largest absolute Gasteiger partial charge is 0.507 e. The van der Waals surface area contributed by atoms with Crippen LogP contribution in [0.4, 0.5) is 4.39 Å². The first-order chi connectivity index (χ1) is 8.86. The van der Waals surface area contributed by atoms with Crippen LogP contribution in [0.15, 0.2) is 18.2 Å². The highest BCUT2D eigenvalue weighted by molar-refractivity contribution is 5.98. The van der Waals surface area contributed by atoms with Crippen LogP contribution in [0.1, 0.15) is 30.6 Å². The molecule has 104 valence electrons. The van der Waals surface area contributed by atoms with Crippen molar-refractivity contribution in [2.24, 2.45) is 0 Å². The Morgan fingerprint density at radius 2 is 2.05 bits per heavy atom. The van der Waals surface area contributed by atoms with Crippen molar-refractivity contribution in [3.63, 3.8) is 0 Å². The molecule has 0 saturated heterocycles. The number of phenols is 1. The second kappa shape index (κ2) is 6.17. The SMILES string of the molecule is CCC(C)N(CC(=O)O)C(=O)c1ccc(F)cc1O. The molecule has 0 fully saturated rings. The first-order valence-corrected chi connectivity index (χ1v) is 5.88. The number of aromatic hydroxyl groups is 1. The van der Waals surface area contributed by atoms with E-state index < -0.39 is 30.0 Å². The van der Waals surface area contributed by atoms with Gasteiger partial charge in [0.15, 0.2) is 0 Å². The molecule has 1 amide bonds. The van der Waals surface area contributed by atoms with E-state index in [1.165, 1.54) is 0 Å². The molecule has 0 saturated carbocycles. The van der Waals surface area contributed by atoms with Crippen LogP contribution in [-0.2, 0) is 4.79 Å². The summed E-state index contributed by atoms with van der Waals surface area (Å²) in [7, 11) is 0. The average Bonchev–Trinajstić information content (AvgIpc) is 2.34. The Balaban J connectivity index is 3.08. The predicted molar refractivity (Wildman–Crippen MR) is 66.5 cm³/mol. The molecular formula is C13H16FNO4. The highest BCUT2D eigenvalue weighted by Gasteiger charge is 2.24. The van der Waals surface area contributed by atoms with Gasteiger partial charge in [0.05, 0.1) is 5.56 Å². The summed E-state index contributed by atoms with van der Waals surface area (Å²) in [6, 6.07) is 2.71. The van der Waals surface area contributed by atoms with Crippen molar-refractivity contribution in [2.75, 3.05) is 6.54 Å². The van der Waals surface area contributed by atoms with Gasteiger partial charge in [0, 0.05) is 12.1 Å². The second-order valence-corrected chi connectivity index (χ2v) is 4.25. The smallest absolute Gasteiger partial charge is 0.323 e. The molecule has 1 aromatic carbocycles. The first kappa shape index (κ1) is 14.9. The summed E-state index contributed by atoms with van der Waals surface area (Å²) in [6.45, 7) is 3.06. The maximum absolute atomic E-state index is 12.9. The third-order valence-corrected chi connectivity index (χ3v) is 2.88. The first-order valence-electron chi connectivity index (χ1n) is 5.88. The summed E-state index contributed by atoms with van der Waals surface area (Å²) in [4.78, 5) is 24.1. The molecule has 0 aliphatic carbocycles. The van der Waals surface area contributed by atoms with Crippen LogP contribution in [0.25, 0.3) is 0 Å². The number of hydrogen-bond donors (Lipinski definition) is 2. The van der Waals surface area contributed by atoms with Crippen molar-refractivity contribution >= 4 is 11.9 Å². The molecular weight excluding hydrogens is 253 g/mol. The summed E-state index contributed by atoms with van der Waals surface area (Å²) in [5, 5.41) is 18.4. The number of hydrogen-bond acceptors (Lipinski definition) is 3. The van der Waals surface area contributed by atoms with Crippen molar-refractivity contribution in [1.29, 1.82) is 0 Å². The molecule has 5 nitrogen and oxygen atoms in total. The third-order valence-electron chi connectivity index (χ3n) is 2.88. The van der Waals surface area contributed by atoms with Gasteiger partial charge in [-0.2, -0.15) is 0 Å². The molecule has 0 heterocycles. The lowest BCUT2D eigenvalue weighted by atomic mass is 10.1. The summed E-state index contributed by atoms with van der Waals surface area (Å²) >= 11 is 0. The van der Waals surface area contributed by atoms with Crippen molar-refractivity contribution in [3.8, 4) is 5.75 Å². The lowest BCUT2D eigenvalue weighted by Crippen LogP contribution is -2.41. The van der Waals surface area contributed by atoms with Gasteiger partial charge in [0.25, 0.3) is 5.91 Å². The van der Waals surface area contributed by atoms with Gasteiger partial charge in [0.2, 0.25) is 0 Å². The molecule has 1 unspecified atom stereocenters. The molecule has 0 spiro atoms. The Bertz CT molecular complexity index is 490. The topological polar surface area (TPSA) is 77.8 Å². The van der Waals surface area contributed by atoms with Gasteiger partial charge in [-0.05, 0) is 25.5 Å². The quantitative estimate of drug-likeness (QED) is 0.855. The zero-order chi connectivity index (χ0) is 14.6. The number of carboxylic acid groups (broad SMARTS) is 1. The molecule has 0 radical (unpaired) electrons. The molecule has 1 atom stereocenters. The Kier molecular flexibility index (Phi) is 4.86.